The third-order valence-corrected chi connectivity index (χ3v) is 3.80. The Morgan fingerprint density at radius 3 is 2.94 bits per heavy atom. The highest BCUT2D eigenvalue weighted by molar-refractivity contribution is 7.09. The van der Waals surface area contributed by atoms with E-state index in [1.165, 1.54) is 4.88 Å². The van der Waals surface area contributed by atoms with E-state index in [1.807, 2.05) is 25.7 Å². The van der Waals surface area contributed by atoms with Gasteiger partial charge in [0.25, 0.3) is 0 Å². The first kappa shape index (κ1) is 13.2. The zero-order chi connectivity index (χ0) is 13.0. The first-order chi connectivity index (χ1) is 8.70. The molecular formula is C12H18N4OS. The van der Waals surface area contributed by atoms with E-state index in [4.69, 9.17) is 10.5 Å². The van der Waals surface area contributed by atoms with E-state index >= 15 is 0 Å². The van der Waals surface area contributed by atoms with Crippen LogP contribution >= 0.6 is 11.3 Å². The van der Waals surface area contributed by atoms with E-state index in [9.17, 15) is 0 Å². The molecule has 2 aromatic heterocycles. The molecule has 2 heterocycles. The van der Waals surface area contributed by atoms with Gasteiger partial charge in [0.05, 0.1) is 30.1 Å². The third-order valence-electron chi connectivity index (χ3n) is 2.80. The molecule has 1 atom stereocenters. The van der Waals surface area contributed by atoms with Crippen LogP contribution in [0.3, 0.4) is 0 Å². The average molecular weight is 266 g/mol. The highest BCUT2D eigenvalue weighted by atomic mass is 32.1. The van der Waals surface area contributed by atoms with E-state index in [1.54, 1.807) is 22.2 Å². The Balaban J connectivity index is 1.86. The van der Waals surface area contributed by atoms with Crippen molar-refractivity contribution in [2.45, 2.75) is 19.4 Å². The maximum absolute atomic E-state index is 5.82. The number of nitrogens with two attached hydrogens (primary N) is 1. The smallest absolute Gasteiger partial charge is 0.0977 e. The number of rotatable bonds is 6. The molecule has 2 rings (SSSR count). The Morgan fingerprint density at radius 2 is 2.39 bits per heavy atom. The highest BCUT2D eigenvalue weighted by Gasteiger charge is 2.12. The van der Waals surface area contributed by atoms with Crippen LogP contribution in [0.5, 0.6) is 0 Å². The lowest BCUT2D eigenvalue weighted by molar-refractivity contribution is 0.0611. The minimum atomic E-state index is -0.0769. The molecule has 0 amide bonds. The van der Waals surface area contributed by atoms with Crippen LogP contribution in [0.2, 0.25) is 0 Å². The van der Waals surface area contributed by atoms with Gasteiger partial charge in [-0.1, -0.05) is 0 Å². The molecule has 2 aromatic rings. The zero-order valence-electron chi connectivity index (χ0n) is 10.7. The molecular weight excluding hydrogens is 248 g/mol. The summed E-state index contributed by atoms with van der Waals surface area (Å²) in [6.07, 6.45) is 4.55. The molecule has 0 saturated heterocycles. The van der Waals surface area contributed by atoms with Crippen LogP contribution in [0.1, 0.15) is 22.2 Å². The molecule has 6 heteroatoms. The van der Waals surface area contributed by atoms with Crippen molar-refractivity contribution in [3.8, 4) is 0 Å². The van der Waals surface area contributed by atoms with Crippen molar-refractivity contribution >= 4 is 11.3 Å². The topological polar surface area (TPSA) is 66.0 Å². The Morgan fingerprint density at radius 1 is 1.56 bits per heavy atom. The van der Waals surface area contributed by atoms with Crippen LogP contribution in [0.4, 0.5) is 0 Å². The first-order valence-corrected chi connectivity index (χ1v) is 6.78. The summed E-state index contributed by atoms with van der Waals surface area (Å²) in [4.78, 5) is 5.50. The number of aryl methyl sites for hydroxylation is 2. The predicted molar refractivity (Wildman–Crippen MR) is 71.5 cm³/mol. The average Bonchev–Trinajstić information content (AvgIpc) is 2.94. The Hall–Kier alpha value is -1.24. The van der Waals surface area contributed by atoms with Crippen molar-refractivity contribution in [2.24, 2.45) is 12.8 Å². The fraction of sp³-hybridized carbons (Fsp3) is 0.500. The summed E-state index contributed by atoms with van der Waals surface area (Å²) < 4.78 is 7.58. The molecule has 0 radical (unpaired) electrons. The molecule has 0 aliphatic heterocycles. The van der Waals surface area contributed by atoms with E-state index in [2.05, 4.69) is 10.1 Å². The van der Waals surface area contributed by atoms with Gasteiger partial charge < -0.3 is 10.5 Å². The summed E-state index contributed by atoms with van der Waals surface area (Å²) in [5.41, 5.74) is 9.72. The van der Waals surface area contributed by atoms with Crippen molar-refractivity contribution < 1.29 is 4.74 Å². The molecule has 0 aromatic carbocycles. The van der Waals surface area contributed by atoms with Crippen molar-refractivity contribution in [3.05, 3.63) is 34.0 Å². The van der Waals surface area contributed by atoms with Gasteiger partial charge in [-0.05, 0) is 6.92 Å². The quantitative estimate of drug-likeness (QED) is 0.859. The van der Waals surface area contributed by atoms with E-state index in [0.717, 1.165) is 17.7 Å². The molecule has 0 saturated carbocycles. The molecule has 18 heavy (non-hydrogen) atoms. The molecule has 0 bridgehead atoms. The largest absolute Gasteiger partial charge is 0.372 e. The number of aromatic nitrogens is 3. The number of ether oxygens (including phenoxy) is 1. The van der Waals surface area contributed by atoms with Gasteiger partial charge in [0, 0.05) is 36.7 Å². The van der Waals surface area contributed by atoms with E-state index < -0.39 is 0 Å². The third kappa shape index (κ3) is 3.16. The normalized spacial score (nSPS) is 12.8. The monoisotopic (exact) mass is 266 g/mol. The second kappa shape index (κ2) is 6.08. The molecule has 0 aliphatic carbocycles. The molecule has 5 nitrogen and oxygen atoms in total. The van der Waals surface area contributed by atoms with E-state index in [0.29, 0.717) is 13.2 Å². The van der Waals surface area contributed by atoms with Crippen molar-refractivity contribution in [2.75, 3.05) is 13.2 Å². The molecule has 0 spiro atoms. The van der Waals surface area contributed by atoms with Gasteiger partial charge in [0.2, 0.25) is 0 Å². The number of nitrogens with zero attached hydrogens (tertiary/aromatic N) is 3. The molecule has 1 unspecified atom stereocenters. The highest BCUT2D eigenvalue weighted by Crippen LogP contribution is 2.17. The fourth-order valence-corrected chi connectivity index (χ4v) is 2.53. The number of hydrogen-bond donors (Lipinski definition) is 1. The van der Waals surface area contributed by atoms with Crippen LogP contribution in [0.25, 0.3) is 0 Å². The lowest BCUT2D eigenvalue weighted by Gasteiger charge is -2.13. The fourth-order valence-electron chi connectivity index (χ4n) is 1.77. The maximum atomic E-state index is 5.82. The Labute approximate surface area is 111 Å². The second-order valence-electron chi connectivity index (χ2n) is 4.15. The summed E-state index contributed by atoms with van der Waals surface area (Å²) >= 11 is 1.67. The summed E-state index contributed by atoms with van der Waals surface area (Å²) in [5.74, 6) is 0. The van der Waals surface area contributed by atoms with Gasteiger partial charge in [0.1, 0.15) is 0 Å². The van der Waals surface area contributed by atoms with Crippen LogP contribution in [-0.4, -0.2) is 27.9 Å². The van der Waals surface area contributed by atoms with Crippen molar-refractivity contribution in [1.82, 2.24) is 14.8 Å². The number of thiazole rings is 1. The molecule has 98 valence electrons. The molecule has 0 fully saturated rings. The predicted octanol–water partition coefficient (Wildman–Crippen LogP) is 1.44. The van der Waals surface area contributed by atoms with Gasteiger partial charge in [-0.15, -0.1) is 11.3 Å². The van der Waals surface area contributed by atoms with Gasteiger partial charge in [0.15, 0.2) is 0 Å². The standard InChI is InChI=1S/C12H18N4OS/c1-9-12(18-8-14-9)3-4-17-11(5-13)10-6-15-16(2)7-10/h6-8,11H,3-5,13H2,1-2H3. The lowest BCUT2D eigenvalue weighted by Crippen LogP contribution is -2.16. The van der Waals surface area contributed by atoms with Crippen molar-refractivity contribution in [3.63, 3.8) is 0 Å². The SMILES string of the molecule is Cc1ncsc1CCOC(CN)c1cnn(C)c1. The first-order valence-electron chi connectivity index (χ1n) is 5.90. The minimum absolute atomic E-state index is 0.0769. The second-order valence-corrected chi connectivity index (χ2v) is 5.09. The van der Waals surface area contributed by atoms with Crippen molar-refractivity contribution in [1.29, 1.82) is 0 Å². The molecule has 2 N–H and O–H groups in total. The zero-order valence-corrected chi connectivity index (χ0v) is 11.5. The Kier molecular flexibility index (Phi) is 4.46. The summed E-state index contributed by atoms with van der Waals surface area (Å²) in [6, 6.07) is 0. The van der Waals surface area contributed by atoms with Gasteiger partial charge in [-0.2, -0.15) is 5.10 Å². The van der Waals surface area contributed by atoms with Crippen LogP contribution < -0.4 is 5.73 Å². The lowest BCUT2D eigenvalue weighted by atomic mass is 10.2. The maximum Gasteiger partial charge on any atom is 0.0977 e. The number of hydrogen-bond acceptors (Lipinski definition) is 5. The van der Waals surface area contributed by atoms with Gasteiger partial charge in [-0.25, -0.2) is 4.98 Å². The summed E-state index contributed by atoms with van der Waals surface area (Å²) in [7, 11) is 1.89. The van der Waals surface area contributed by atoms with E-state index in [-0.39, 0.29) is 6.10 Å². The summed E-state index contributed by atoms with van der Waals surface area (Å²) in [6.45, 7) is 3.14. The van der Waals surface area contributed by atoms with Crippen LogP contribution in [0, 0.1) is 6.92 Å². The van der Waals surface area contributed by atoms with Gasteiger partial charge >= 0.3 is 0 Å². The van der Waals surface area contributed by atoms with Crippen LogP contribution in [-0.2, 0) is 18.2 Å². The molecule has 0 aliphatic rings. The van der Waals surface area contributed by atoms with Crippen LogP contribution in [0.15, 0.2) is 17.9 Å². The van der Waals surface area contributed by atoms with Gasteiger partial charge in [-0.3, -0.25) is 4.68 Å². The minimum Gasteiger partial charge on any atom is -0.372 e. The Bertz CT molecular complexity index is 494. The summed E-state index contributed by atoms with van der Waals surface area (Å²) in [5, 5.41) is 4.13.